The Morgan fingerprint density at radius 1 is 1.37 bits per heavy atom. The van der Waals surface area contributed by atoms with Crippen LogP contribution in [0.25, 0.3) is 0 Å². The molecule has 0 aliphatic carbocycles. The number of rotatable bonds is 9. The number of nitrogens with one attached hydrogen (secondary N) is 1. The molecule has 1 aromatic rings. The molecule has 0 spiro atoms. The predicted molar refractivity (Wildman–Crippen MR) is 72.0 cm³/mol. The molecule has 5 nitrogen and oxygen atoms in total. The Hall–Kier alpha value is -1.33. The molecule has 0 aliphatic heterocycles. The number of carbonyl (C=O) groups excluding carboxylic acids is 1. The van der Waals surface area contributed by atoms with Crippen molar-refractivity contribution in [3.8, 4) is 0 Å². The van der Waals surface area contributed by atoms with Crippen LogP contribution in [-0.2, 0) is 16.0 Å². The smallest absolute Gasteiger partial charge is 0.373 e. The van der Waals surface area contributed by atoms with Gasteiger partial charge in [0.2, 0.25) is 5.76 Å². The fourth-order valence-corrected chi connectivity index (χ4v) is 1.46. The van der Waals surface area contributed by atoms with Crippen molar-refractivity contribution < 1.29 is 18.7 Å². The third kappa shape index (κ3) is 6.40. The van der Waals surface area contributed by atoms with Gasteiger partial charge in [0.1, 0.15) is 5.76 Å². The first-order chi connectivity index (χ1) is 9.13. The highest BCUT2D eigenvalue weighted by atomic mass is 16.5. The van der Waals surface area contributed by atoms with E-state index in [0.29, 0.717) is 24.8 Å². The monoisotopic (exact) mass is 269 g/mol. The molecule has 19 heavy (non-hydrogen) atoms. The zero-order valence-corrected chi connectivity index (χ0v) is 11.9. The van der Waals surface area contributed by atoms with Gasteiger partial charge in [0.05, 0.1) is 20.3 Å². The second kappa shape index (κ2) is 8.72. The van der Waals surface area contributed by atoms with E-state index in [9.17, 15) is 4.79 Å². The number of methoxy groups -OCH3 is 1. The summed E-state index contributed by atoms with van der Waals surface area (Å²) < 4.78 is 15.4. The van der Waals surface area contributed by atoms with Crippen LogP contribution in [0.4, 0.5) is 0 Å². The molecule has 108 valence electrons. The summed E-state index contributed by atoms with van der Waals surface area (Å²) in [4.78, 5) is 11.2. The Bertz CT molecular complexity index is 373. The lowest BCUT2D eigenvalue weighted by molar-refractivity contribution is 0.0562. The van der Waals surface area contributed by atoms with Crippen LogP contribution in [0.3, 0.4) is 0 Å². The first kappa shape index (κ1) is 15.7. The van der Waals surface area contributed by atoms with Gasteiger partial charge in [-0.05, 0) is 24.5 Å². The number of carbonyl (C=O) groups is 1. The molecule has 1 heterocycles. The molecule has 1 rings (SSSR count). The second-order valence-corrected chi connectivity index (χ2v) is 4.73. The van der Waals surface area contributed by atoms with E-state index in [1.54, 1.807) is 12.1 Å². The zero-order chi connectivity index (χ0) is 14.1. The number of hydrogen-bond donors (Lipinski definition) is 1. The largest absolute Gasteiger partial charge is 0.463 e. The molecule has 0 saturated carbocycles. The van der Waals surface area contributed by atoms with E-state index in [4.69, 9.17) is 9.15 Å². The molecule has 0 unspecified atom stereocenters. The fourth-order valence-electron chi connectivity index (χ4n) is 1.46. The summed E-state index contributed by atoms with van der Waals surface area (Å²) in [6.07, 6.45) is 1.08. The summed E-state index contributed by atoms with van der Waals surface area (Å²) in [6, 6.07) is 3.38. The van der Waals surface area contributed by atoms with Crippen molar-refractivity contribution in [1.29, 1.82) is 0 Å². The van der Waals surface area contributed by atoms with Gasteiger partial charge in [-0.1, -0.05) is 13.8 Å². The van der Waals surface area contributed by atoms with E-state index in [0.717, 1.165) is 19.6 Å². The van der Waals surface area contributed by atoms with Crippen LogP contribution in [0.15, 0.2) is 16.5 Å². The number of ether oxygens (including phenoxy) is 2. The molecular weight excluding hydrogens is 246 g/mol. The molecule has 0 aromatic carbocycles. The van der Waals surface area contributed by atoms with Crippen LogP contribution in [-0.4, -0.2) is 32.8 Å². The SMILES string of the molecule is COC(=O)c1ccc(CNCCOCCC(C)C)o1. The van der Waals surface area contributed by atoms with Crippen molar-refractivity contribution in [2.75, 3.05) is 26.9 Å². The van der Waals surface area contributed by atoms with Crippen LogP contribution in [0, 0.1) is 5.92 Å². The average Bonchev–Trinajstić information content (AvgIpc) is 2.85. The van der Waals surface area contributed by atoms with Crippen molar-refractivity contribution in [3.63, 3.8) is 0 Å². The Balaban J connectivity index is 2.09. The van der Waals surface area contributed by atoms with E-state index in [-0.39, 0.29) is 5.76 Å². The highest BCUT2D eigenvalue weighted by molar-refractivity contribution is 5.86. The van der Waals surface area contributed by atoms with Crippen molar-refractivity contribution >= 4 is 5.97 Å². The molecule has 1 aromatic heterocycles. The minimum Gasteiger partial charge on any atom is -0.463 e. The number of furan rings is 1. The summed E-state index contributed by atoms with van der Waals surface area (Å²) in [5.74, 6) is 1.16. The van der Waals surface area contributed by atoms with E-state index in [1.807, 2.05) is 0 Å². The third-order valence-electron chi connectivity index (χ3n) is 2.61. The zero-order valence-electron chi connectivity index (χ0n) is 11.9. The van der Waals surface area contributed by atoms with Gasteiger partial charge in [-0.2, -0.15) is 0 Å². The molecule has 0 atom stereocenters. The third-order valence-corrected chi connectivity index (χ3v) is 2.61. The maximum Gasteiger partial charge on any atom is 0.373 e. The highest BCUT2D eigenvalue weighted by Gasteiger charge is 2.10. The first-order valence-electron chi connectivity index (χ1n) is 6.59. The minimum atomic E-state index is -0.455. The fraction of sp³-hybridized carbons (Fsp3) is 0.643. The number of hydrogen-bond acceptors (Lipinski definition) is 5. The molecule has 0 saturated heterocycles. The van der Waals surface area contributed by atoms with E-state index >= 15 is 0 Å². The van der Waals surface area contributed by atoms with Gasteiger partial charge in [0.25, 0.3) is 0 Å². The summed E-state index contributed by atoms with van der Waals surface area (Å²) in [5.41, 5.74) is 0. The molecule has 0 radical (unpaired) electrons. The van der Waals surface area contributed by atoms with Crippen LogP contribution in [0.2, 0.25) is 0 Å². The Morgan fingerprint density at radius 3 is 2.84 bits per heavy atom. The van der Waals surface area contributed by atoms with Gasteiger partial charge >= 0.3 is 5.97 Å². The Labute approximate surface area is 114 Å². The van der Waals surface area contributed by atoms with Gasteiger partial charge in [-0.25, -0.2) is 4.79 Å². The van der Waals surface area contributed by atoms with Crippen molar-refractivity contribution in [1.82, 2.24) is 5.32 Å². The van der Waals surface area contributed by atoms with Crippen LogP contribution >= 0.6 is 0 Å². The molecule has 1 N–H and O–H groups in total. The van der Waals surface area contributed by atoms with Gasteiger partial charge in [-0.15, -0.1) is 0 Å². The minimum absolute atomic E-state index is 0.229. The van der Waals surface area contributed by atoms with Crippen molar-refractivity contribution in [3.05, 3.63) is 23.7 Å². The molecule has 5 heteroatoms. The van der Waals surface area contributed by atoms with E-state index in [1.165, 1.54) is 7.11 Å². The summed E-state index contributed by atoms with van der Waals surface area (Å²) in [6.45, 7) is 7.16. The second-order valence-electron chi connectivity index (χ2n) is 4.73. The molecule has 0 aliphatic rings. The van der Waals surface area contributed by atoms with Gasteiger partial charge < -0.3 is 19.2 Å². The van der Waals surface area contributed by atoms with E-state index in [2.05, 4.69) is 23.9 Å². The topological polar surface area (TPSA) is 60.7 Å². The molecule has 0 fully saturated rings. The molecular formula is C14H23NO4. The van der Waals surface area contributed by atoms with Crippen LogP contribution in [0.5, 0.6) is 0 Å². The maximum absolute atomic E-state index is 11.2. The standard InChI is InChI=1S/C14H23NO4/c1-11(2)6-8-18-9-7-15-10-12-4-5-13(19-12)14(16)17-3/h4-5,11,15H,6-10H2,1-3H3. The lowest BCUT2D eigenvalue weighted by atomic mass is 10.1. The quantitative estimate of drug-likeness (QED) is 0.550. The van der Waals surface area contributed by atoms with Crippen LogP contribution < -0.4 is 5.32 Å². The highest BCUT2D eigenvalue weighted by Crippen LogP contribution is 2.08. The number of esters is 1. The Morgan fingerprint density at radius 2 is 2.16 bits per heavy atom. The lowest BCUT2D eigenvalue weighted by Gasteiger charge is -2.06. The van der Waals surface area contributed by atoms with Crippen molar-refractivity contribution in [2.24, 2.45) is 5.92 Å². The average molecular weight is 269 g/mol. The van der Waals surface area contributed by atoms with Gasteiger partial charge in [0, 0.05) is 13.2 Å². The summed E-state index contributed by atoms with van der Waals surface area (Å²) >= 11 is 0. The molecule has 0 bridgehead atoms. The van der Waals surface area contributed by atoms with Crippen molar-refractivity contribution in [2.45, 2.75) is 26.8 Å². The van der Waals surface area contributed by atoms with Crippen LogP contribution in [0.1, 0.15) is 36.6 Å². The summed E-state index contributed by atoms with van der Waals surface area (Å²) in [5, 5.41) is 3.19. The normalized spacial score (nSPS) is 10.9. The van der Waals surface area contributed by atoms with Gasteiger partial charge in [-0.3, -0.25) is 0 Å². The van der Waals surface area contributed by atoms with Gasteiger partial charge in [0.15, 0.2) is 0 Å². The molecule has 0 amide bonds. The van der Waals surface area contributed by atoms with E-state index < -0.39 is 5.97 Å². The first-order valence-corrected chi connectivity index (χ1v) is 6.59. The predicted octanol–water partition coefficient (Wildman–Crippen LogP) is 2.22. The Kier molecular flexibility index (Phi) is 7.22. The maximum atomic E-state index is 11.2. The summed E-state index contributed by atoms with van der Waals surface area (Å²) in [7, 11) is 1.33. The lowest BCUT2D eigenvalue weighted by Crippen LogP contribution is -2.19.